The predicted octanol–water partition coefficient (Wildman–Crippen LogP) is 3.65. The molecule has 0 fully saturated rings. The molecule has 0 unspecified atom stereocenters. The van der Waals surface area contributed by atoms with Gasteiger partial charge in [0.15, 0.2) is 11.5 Å². The van der Waals surface area contributed by atoms with E-state index >= 15 is 0 Å². The van der Waals surface area contributed by atoms with Crippen LogP contribution in [0.25, 0.3) is 0 Å². The normalized spacial score (nSPS) is 18.6. The Balaban J connectivity index is 1.82. The number of rotatable bonds is 4. The third-order valence-corrected chi connectivity index (χ3v) is 5.39. The number of esters is 1. The van der Waals surface area contributed by atoms with Crippen molar-refractivity contribution in [2.75, 3.05) is 25.7 Å². The Labute approximate surface area is 169 Å². The van der Waals surface area contributed by atoms with Crippen molar-refractivity contribution in [1.82, 2.24) is 0 Å². The topological polar surface area (TPSA) is 65.1 Å². The molecular formula is C23H23NO5. The van der Waals surface area contributed by atoms with Gasteiger partial charge in [0.25, 0.3) is 0 Å². The first-order valence-corrected chi connectivity index (χ1v) is 9.46. The Bertz CT molecular complexity index is 1020. The van der Waals surface area contributed by atoms with Gasteiger partial charge in [-0.3, -0.25) is 9.69 Å². The summed E-state index contributed by atoms with van der Waals surface area (Å²) in [6.07, 6.45) is 0.177. The highest BCUT2D eigenvalue weighted by Crippen LogP contribution is 2.43. The summed E-state index contributed by atoms with van der Waals surface area (Å²) in [7, 11) is 3.13. The van der Waals surface area contributed by atoms with Crippen molar-refractivity contribution < 1.29 is 23.8 Å². The van der Waals surface area contributed by atoms with Crippen LogP contribution in [-0.4, -0.2) is 32.7 Å². The van der Waals surface area contributed by atoms with E-state index in [1.165, 1.54) is 0 Å². The summed E-state index contributed by atoms with van der Waals surface area (Å²) in [5.41, 5.74) is 4.86. The summed E-state index contributed by atoms with van der Waals surface area (Å²) in [4.78, 5) is 27.4. The Morgan fingerprint density at radius 3 is 2.31 bits per heavy atom. The Morgan fingerprint density at radius 1 is 0.966 bits per heavy atom. The third kappa shape index (κ3) is 3.24. The van der Waals surface area contributed by atoms with Crippen molar-refractivity contribution in [3.05, 3.63) is 64.4 Å². The number of aryl methyl sites for hydroxylation is 2. The zero-order valence-corrected chi connectivity index (χ0v) is 16.9. The van der Waals surface area contributed by atoms with Crippen LogP contribution in [0.1, 0.15) is 29.0 Å². The number of carbonyl (C=O) groups is 2. The maximum Gasteiger partial charge on any atom is 0.336 e. The fourth-order valence-electron chi connectivity index (χ4n) is 4.19. The molecule has 0 saturated carbocycles. The van der Waals surface area contributed by atoms with Gasteiger partial charge in [-0.1, -0.05) is 12.1 Å². The highest BCUT2D eigenvalue weighted by atomic mass is 16.5. The molecule has 0 bridgehead atoms. The number of anilines is 1. The first kappa shape index (κ1) is 19.1. The molecule has 0 N–H and O–H groups in total. The van der Waals surface area contributed by atoms with Gasteiger partial charge in [-0.05, 0) is 54.8 Å². The van der Waals surface area contributed by atoms with E-state index in [4.69, 9.17) is 14.2 Å². The molecule has 150 valence electrons. The van der Waals surface area contributed by atoms with Gasteiger partial charge in [0.05, 0.1) is 25.5 Å². The maximum absolute atomic E-state index is 13.2. The van der Waals surface area contributed by atoms with E-state index in [9.17, 15) is 9.59 Å². The standard InChI is InChI=1S/C23H23NO5/c1-13-7-14(2)9-16(8-13)24-18-12-29-23(26)22(18)17(11-21(24)25)15-5-6-19(27-3)20(10-15)28-4/h5-10,17H,11-12H2,1-4H3/t17-/m0/s1. The zero-order valence-electron chi connectivity index (χ0n) is 16.9. The van der Waals surface area contributed by atoms with E-state index in [1.807, 2.05) is 38.1 Å². The second-order valence-electron chi connectivity index (χ2n) is 7.38. The minimum atomic E-state index is -0.380. The lowest BCUT2D eigenvalue weighted by Crippen LogP contribution is -2.37. The molecule has 4 rings (SSSR count). The second-order valence-corrected chi connectivity index (χ2v) is 7.38. The number of amides is 1. The monoisotopic (exact) mass is 393 g/mol. The largest absolute Gasteiger partial charge is 0.493 e. The highest BCUT2D eigenvalue weighted by molar-refractivity contribution is 6.06. The highest BCUT2D eigenvalue weighted by Gasteiger charge is 2.43. The van der Waals surface area contributed by atoms with Crippen molar-refractivity contribution in [1.29, 1.82) is 0 Å². The van der Waals surface area contributed by atoms with Crippen LogP contribution in [0.15, 0.2) is 47.7 Å². The summed E-state index contributed by atoms with van der Waals surface area (Å²) in [6.45, 7) is 4.07. The van der Waals surface area contributed by atoms with Gasteiger partial charge >= 0.3 is 5.97 Å². The number of hydrogen-bond donors (Lipinski definition) is 0. The summed E-state index contributed by atoms with van der Waals surface area (Å²) in [5.74, 6) is 0.337. The number of methoxy groups -OCH3 is 2. The molecule has 0 saturated heterocycles. The molecule has 2 heterocycles. The number of nitrogens with zero attached hydrogens (tertiary/aromatic N) is 1. The van der Waals surface area contributed by atoms with E-state index in [1.54, 1.807) is 25.2 Å². The molecule has 6 heteroatoms. The van der Waals surface area contributed by atoms with Gasteiger partial charge in [0, 0.05) is 18.0 Å². The van der Waals surface area contributed by atoms with Gasteiger partial charge in [-0.25, -0.2) is 4.79 Å². The quantitative estimate of drug-likeness (QED) is 0.742. The van der Waals surface area contributed by atoms with Crippen LogP contribution in [0.4, 0.5) is 5.69 Å². The van der Waals surface area contributed by atoms with Crippen molar-refractivity contribution in [2.45, 2.75) is 26.2 Å². The molecule has 0 aliphatic carbocycles. The molecule has 0 spiro atoms. The van der Waals surface area contributed by atoms with Crippen LogP contribution in [0.5, 0.6) is 11.5 Å². The van der Waals surface area contributed by atoms with Crippen LogP contribution >= 0.6 is 0 Å². The molecule has 6 nitrogen and oxygen atoms in total. The second kappa shape index (κ2) is 7.28. The molecule has 1 amide bonds. The Hall–Kier alpha value is -3.28. The van der Waals surface area contributed by atoms with E-state index in [-0.39, 0.29) is 30.8 Å². The van der Waals surface area contributed by atoms with Crippen LogP contribution in [-0.2, 0) is 14.3 Å². The summed E-state index contributed by atoms with van der Waals surface area (Å²) >= 11 is 0. The minimum absolute atomic E-state index is 0.0631. The molecule has 1 atom stereocenters. The minimum Gasteiger partial charge on any atom is -0.493 e. The van der Waals surface area contributed by atoms with E-state index in [2.05, 4.69) is 6.07 Å². The summed E-state index contributed by atoms with van der Waals surface area (Å²) < 4.78 is 16.0. The van der Waals surface area contributed by atoms with E-state index < -0.39 is 0 Å². The lowest BCUT2D eigenvalue weighted by molar-refractivity contribution is -0.136. The molecule has 29 heavy (non-hydrogen) atoms. The average Bonchev–Trinajstić information content (AvgIpc) is 3.07. The van der Waals surface area contributed by atoms with Gasteiger partial charge < -0.3 is 14.2 Å². The Morgan fingerprint density at radius 2 is 1.66 bits per heavy atom. The van der Waals surface area contributed by atoms with Crippen LogP contribution < -0.4 is 14.4 Å². The van der Waals surface area contributed by atoms with Gasteiger partial charge in [0.1, 0.15) is 6.61 Å². The van der Waals surface area contributed by atoms with Crippen molar-refractivity contribution in [2.24, 2.45) is 0 Å². The fraction of sp³-hybridized carbons (Fsp3) is 0.304. The summed E-state index contributed by atoms with van der Waals surface area (Å²) in [6, 6.07) is 11.4. The molecule has 2 aromatic carbocycles. The lowest BCUT2D eigenvalue weighted by atomic mass is 9.84. The number of benzene rings is 2. The van der Waals surface area contributed by atoms with Crippen molar-refractivity contribution >= 4 is 17.6 Å². The van der Waals surface area contributed by atoms with Crippen LogP contribution in [0.2, 0.25) is 0 Å². The molecule has 0 aromatic heterocycles. The maximum atomic E-state index is 13.2. The average molecular weight is 393 g/mol. The van der Waals surface area contributed by atoms with Gasteiger partial charge in [-0.2, -0.15) is 0 Å². The third-order valence-electron chi connectivity index (χ3n) is 5.39. The van der Waals surface area contributed by atoms with Gasteiger partial charge in [-0.15, -0.1) is 0 Å². The van der Waals surface area contributed by atoms with E-state index in [0.717, 1.165) is 22.4 Å². The molecule has 2 aromatic rings. The summed E-state index contributed by atoms with van der Waals surface area (Å²) in [5, 5.41) is 0. The number of hydrogen-bond acceptors (Lipinski definition) is 5. The molecular weight excluding hydrogens is 370 g/mol. The first-order valence-electron chi connectivity index (χ1n) is 9.46. The van der Waals surface area contributed by atoms with Crippen molar-refractivity contribution in [3.8, 4) is 11.5 Å². The van der Waals surface area contributed by atoms with Crippen LogP contribution in [0.3, 0.4) is 0 Å². The van der Waals surface area contributed by atoms with Crippen LogP contribution in [0, 0.1) is 13.8 Å². The van der Waals surface area contributed by atoms with Crippen molar-refractivity contribution in [3.63, 3.8) is 0 Å². The van der Waals surface area contributed by atoms with E-state index in [0.29, 0.717) is 22.8 Å². The molecule has 0 radical (unpaired) electrons. The molecule has 2 aliphatic heterocycles. The lowest BCUT2D eigenvalue weighted by Gasteiger charge is -2.32. The Kier molecular flexibility index (Phi) is 4.78. The number of ether oxygens (including phenoxy) is 3. The van der Waals surface area contributed by atoms with Gasteiger partial charge in [0.2, 0.25) is 5.91 Å². The smallest absolute Gasteiger partial charge is 0.336 e. The fourth-order valence-corrected chi connectivity index (χ4v) is 4.19. The predicted molar refractivity (Wildman–Crippen MR) is 108 cm³/mol. The number of cyclic esters (lactones) is 1. The number of carbonyl (C=O) groups excluding carboxylic acids is 2. The molecule has 2 aliphatic rings. The first-order chi connectivity index (χ1) is 13.9. The zero-order chi connectivity index (χ0) is 20.7. The SMILES string of the molecule is COc1ccc([C@@H]2CC(=O)N(c3cc(C)cc(C)c3)C3=C2C(=O)OC3)cc1OC.